The summed E-state index contributed by atoms with van der Waals surface area (Å²) in [5, 5.41) is 16.8. The summed E-state index contributed by atoms with van der Waals surface area (Å²) in [6.45, 7) is 4.43. The fourth-order valence-electron chi connectivity index (χ4n) is 3.01. The standard InChI is InChI=1S/C25H30N4O2/c1-2-26-25(28-17-15-24(30)21-8-4-3-5-9-21)29-18-20-11-13-23(14-12-20)31-19-22-10-6-7-16-27-22/h3-14,16,24,30H,2,15,17-19H2,1H3,(H2,26,28,29). The topological polar surface area (TPSA) is 78.8 Å². The first-order chi connectivity index (χ1) is 15.2. The summed E-state index contributed by atoms with van der Waals surface area (Å²) in [4.78, 5) is 8.90. The highest BCUT2D eigenvalue weighted by molar-refractivity contribution is 5.79. The number of aliphatic hydroxyl groups excluding tert-OH is 1. The maximum Gasteiger partial charge on any atom is 0.191 e. The van der Waals surface area contributed by atoms with Crippen LogP contribution in [0.3, 0.4) is 0 Å². The number of benzene rings is 2. The lowest BCUT2D eigenvalue weighted by Gasteiger charge is -2.14. The predicted molar refractivity (Wildman–Crippen MR) is 124 cm³/mol. The minimum atomic E-state index is -0.491. The molecule has 3 aromatic rings. The van der Waals surface area contributed by atoms with Gasteiger partial charge in [-0.15, -0.1) is 0 Å². The van der Waals surface area contributed by atoms with Crippen LogP contribution >= 0.6 is 0 Å². The largest absolute Gasteiger partial charge is 0.487 e. The molecule has 1 atom stereocenters. The third-order valence-corrected chi connectivity index (χ3v) is 4.69. The van der Waals surface area contributed by atoms with Crippen LogP contribution in [0.25, 0.3) is 0 Å². The molecule has 3 rings (SSSR count). The van der Waals surface area contributed by atoms with Gasteiger partial charge in [-0.2, -0.15) is 0 Å². The Kier molecular flexibility index (Phi) is 8.88. The fourth-order valence-corrected chi connectivity index (χ4v) is 3.01. The van der Waals surface area contributed by atoms with Crippen molar-refractivity contribution in [2.24, 2.45) is 4.99 Å². The molecule has 0 aliphatic heterocycles. The van der Waals surface area contributed by atoms with Crippen molar-refractivity contribution in [1.29, 1.82) is 0 Å². The van der Waals surface area contributed by atoms with Crippen LogP contribution in [0, 0.1) is 0 Å². The molecule has 0 amide bonds. The zero-order valence-corrected chi connectivity index (χ0v) is 17.9. The third-order valence-electron chi connectivity index (χ3n) is 4.69. The van der Waals surface area contributed by atoms with Crippen LogP contribution in [-0.2, 0) is 13.2 Å². The number of hydrogen-bond donors (Lipinski definition) is 3. The molecule has 0 saturated carbocycles. The van der Waals surface area contributed by atoms with Gasteiger partial charge in [0.1, 0.15) is 12.4 Å². The maximum atomic E-state index is 10.3. The predicted octanol–water partition coefficient (Wildman–Crippen LogP) is 3.84. The molecule has 1 heterocycles. The lowest BCUT2D eigenvalue weighted by molar-refractivity contribution is 0.168. The van der Waals surface area contributed by atoms with Crippen LogP contribution < -0.4 is 15.4 Å². The Morgan fingerprint density at radius 3 is 2.48 bits per heavy atom. The molecule has 0 saturated heterocycles. The highest BCUT2D eigenvalue weighted by atomic mass is 16.5. The van der Waals surface area contributed by atoms with Crippen LogP contribution in [0.5, 0.6) is 5.75 Å². The molecule has 0 radical (unpaired) electrons. The van der Waals surface area contributed by atoms with E-state index in [1.807, 2.05) is 79.7 Å². The van der Waals surface area contributed by atoms with Crippen molar-refractivity contribution in [3.05, 3.63) is 95.8 Å². The van der Waals surface area contributed by atoms with Crippen LogP contribution in [0.15, 0.2) is 84.0 Å². The van der Waals surface area contributed by atoms with E-state index < -0.39 is 6.10 Å². The van der Waals surface area contributed by atoms with E-state index in [4.69, 9.17) is 4.74 Å². The highest BCUT2D eigenvalue weighted by Crippen LogP contribution is 2.15. The number of pyridine rings is 1. The summed E-state index contributed by atoms with van der Waals surface area (Å²) in [6, 6.07) is 23.4. The summed E-state index contributed by atoms with van der Waals surface area (Å²) in [7, 11) is 0. The Bertz CT molecular complexity index is 915. The Balaban J connectivity index is 1.46. The van der Waals surface area contributed by atoms with Gasteiger partial charge in [0.15, 0.2) is 5.96 Å². The summed E-state index contributed by atoms with van der Waals surface area (Å²) in [5.74, 6) is 1.54. The van der Waals surface area contributed by atoms with E-state index in [1.165, 1.54) is 0 Å². The number of guanidine groups is 1. The molecule has 0 bridgehead atoms. The molecule has 0 aliphatic carbocycles. The number of aliphatic hydroxyl groups is 1. The first-order valence-electron chi connectivity index (χ1n) is 10.6. The first-order valence-corrected chi connectivity index (χ1v) is 10.6. The van der Waals surface area contributed by atoms with Crippen LogP contribution in [0.1, 0.15) is 36.3 Å². The monoisotopic (exact) mass is 418 g/mol. The summed E-state index contributed by atoms with van der Waals surface area (Å²) < 4.78 is 5.78. The number of ether oxygens (including phenoxy) is 1. The van der Waals surface area contributed by atoms with E-state index in [2.05, 4.69) is 20.6 Å². The van der Waals surface area contributed by atoms with Gasteiger partial charge in [-0.05, 0) is 48.7 Å². The molecule has 0 aliphatic rings. The lowest BCUT2D eigenvalue weighted by atomic mass is 10.1. The minimum Gasteiger partial charge on any atom is -0.487 e. The molecule has 0 spiro atoms. The molecule has 3 N–H and O–H groups in total. The molecule has 31 heavy (non-hydrogen) atoms. The Labute approximate surface area is 184 Å². The van der Waals surface area contributed by atoms with Crippen molar-refractivity contribution in [2.75, 3.05) is 13.1 Å². The number of aromatic nitrogens is 1. The number of hydrogen-bond acceptors (Lipinski definition) is 4. The van der Waals surface area contributed by atoms with Crippen molar-refractivity contribution in [3.63, 3.8) is 0 Å². The van der Waals surface area contributed by atoms with Gasteiger partial charge in [0.25, 0.3) is 0 Å². The molecule has 162 valence electrons. The van der Waals surface area contributed by atoms with E-state index in [0.29, 0.717) is 26.1 Å². The second kappa shape index (κ2) is 12.3. The van der Waals surface area contributed by atoms with Gasteiger partial charge in [0, 0.05) is 19.3 Å². The second-order valence-corrected chi connectivity index (χ2v) is 7.09. The Morgan fingerprint density at radius 1 is 1.00 bits per heavy atom. The van der Waals surface area contributed by atoms with E-state index >= 15 is 0 Å². The van der Waals surface area contributed by atoms with E-state index in [9.17, 15) is 5.11 Å². The quantitative estimate of drug-likeness (QED) is 0.344. The molecule has 6 heteroatoms. The van der Waals surface area contributed by atoms with E-state index in [1.54, 1.807) is 6.20 Å². The molecular weight excluding hydrogens is 388 g/mol. The zero-order valence-electron chi connectivity index (χ0n) is 17.9. The molecular formula is C25H30N4O2. The van der Waals surface area contributed by atoms with Gasteiger partial charge >= 0.3 is 0 Å². The molecule has 1 unspecified atom stereocenters. The smallest absolute Gasteiger partial charge is 0.191 e. The molecule has 6 nitrogen and oxygen atoms in total. The van der Waals surface area contributed by atoms with Gasteiger partial charge in [0.2, 0.25) is 0 Å². The Hall–Kier alpha value is -3.38. The number of aliphatic imine (C=N–C) groups is 1. The van der Waals surface area contributed by atoms with Crippen molar-refractivity contribution in [1.82, 2.24) is 15.6 Å². The van der Waals surface area contributed by atoms with Gasteiger partial charge in [-0.1, -0.05) is 48.5 Å². The van der Waals surface area contributed by atoms with Gasteiger partial charge in [0.05, 0.1) is 18.3 Å². The molecule has 0 fully saturated rings. The third kappa shape index (κ3) is 7.75. The van der Waals surface area contributed by atoms with Crippen molar-refractivity contribution < 1.29 is 9.84 Å². The van der Waals surface area contributed by atoms with Crippen LogP contribution in [0.2, 0.25) is 0 Å². The SMILES string of the molecule is CCNC(=NCc1ccc(OCc2ccccn2)cc1)NCCC(O)c1ccccc1. The first kappa shape index (κ1) is 22.3. The second-order valence-electron chi connectivity index (χ2n) is 7.09. The minimum absolute atomic E-state index is 0.446. The average Bonchev–Trinajstić information content (AvgIpc) is 2.83. The maximum absolute atomic E-state index is 10.3. The van der Waals surface area contributed by atoms with Gasteiger partial charge in [-0.25, -0.2) is 4.99 Å². The summed E-state index contributed by atoms with van der Waals surface area (Å²) in [6.07, 6.45) is 1.88. The summed E-state index contributed by atoms with van der Waals surface area (Å²) in [5.41, 5.74) is 2.92. The lowest BCUT2D eigenvalue weighted by Crippen LogP contribution is -2.38. The number of rotatable bonds is 10. The van der Waals surface area contributed by atoms with Crippen molar-refractivity contribution in [2.45, 2.75) is 32.6 Å². The number of nitrogens with zero attached hydrogens (tertiary/aromatic N) is 2. The van der Waals surface area contributed by atoms with Crippen LogP contribution in [0.4, 0.5) is 0 Å². The summed E-state index contributed by atoms with van der Waals surface area (Å²) >= 11 is 0. The van der Waals surface area contributed by atoms with Gasteiger partial charge < -0.3 is 20.5 Å². The highest BCUT2D eigenvalue weighted by Gasteiger charge is 2.07. The Morgan fingerprint density at radius 2 is 1.77 bits per heavy atom. The molecule has 1 aromatic heterocycles. The van der Waals surface area contributed by atoms with E-state index in [0.717, 1.165) is 35.1 Å². The average molecular weight is 419 g/mol. The van der Waals surface area contributed by atoms with Crippen molar-refractivity contribution >= 4 is 5.96 Å². The fraction of sp³-hybridized carbons (Fsp3) is 0.280. The molecule has 2 aromatic carbocycles. The van der Waals surface area contributed by atoms with Crippen LogP contribution in [-0.4, -0.2) is 29.1 Å². The van der Waals surface area contributed by atoms with E-state index in [-0.39, 0.29) is 0 Å². The number of nitrogens with one attached hydrogen (secondary N) is 2. The zero-order chi connectivity index (χ0) is 21.7. The van der Waals surface area contributed by atoms with Crippen molar-refractivity contribution in [3.8, 4) is 5.75 Å². The normalized spacial score (nSPS) is 12.3. The van der Waals surface area contributed by atoms with Gasteiger partial charge in [-0.3, -0.25) is 4.98 Å².